The second-order valence-electron chi connectivity index (χ2n) is 9.01. The Morgan fingerprint density at radius 3 is 0.585 bits per heavy atom. The Bertz CT molecular complexity index is 1070. The zero-order valence-corrected chi connectivity index (χ0v) is 38.0. The number of hydrogen-bond acceptors (Lipinski definition) is 4. The van der Waals surface area contributed by atoms with Crippen LogP contribution in [0.15, 0.2) is 159 Å². The minimum Gasteiger partial charge on any atom is -0.265 e. The number of aromatic nitrogens is 4. The van der Waals surface area contributed by atoms with Crippen LogP contribution in [-0.4, -0.2) is 19.9 Å². The summed E-state index contributed by atoms with van der Waals surface area (Å²) < 4.78 is 0. The maximum absolute atomic E-state index is 3.78. The Hall–Kier alpha value is -3.86. The number of hydrogen-bond donors (Lipinski definition) is 0. The first-order valence-corrected chi connectivity index (χ1v) is 19.1. The molecule has 0 saturated heterocycles. The fraction of sp³-hybridized carbons (Fsp3) is 0.333. The molecule has 2 aromatic carbocycles. The Morgan fingerprint density at radius 2 is 0.491 bits per heavy atom. The van der Waals surface area contributed by atoms with E-state index in [1.807, 2.05) is 128 Å². The molecule has 1 radical (unpaired) electrons. The van der Waals surface area contributed by atoms with Gasteiger partial charge in [0.25, 0.3) is 0 Å². The molecule has 0 aliphatic heterocycles. The molecule has 0 atom stereocenters. The summed E-state index contributed by atoms with van der Waals surface area (Å²) in [6.07, 6.45) is 18.5. The average Bonchev–Trinajstić information content (AvgIpc) is 3.30. The van der Waals surface area contributed by atoms with Crippen molar-refractivity contribution in [3.05, 3.63) is 193 Å². The van der Waals surface area contributed by atoms with Gasteiger partial charge in [0.05, 0.1) is 0 Å². The summed E-state index contributed by atoms with van der Waals surface area (Å²) in [5.74, 6) is 0. The van der Waals surface area contributed by atoms with Crippen molar-refractivity contribution >= 4 is 0 Å². The third kappa shape index (κ3) is 44.2. The summed E-state index contributed by atoms with van der Waals surface area (Å²) in [6, 6.07) is 41.8. The van der Waals surface area contributed by atoms with Gasteiger partial charge in [-0.1, -0.05) is 133 Å². The molecule has 0 spiro atoms. The van der Waals surface area contributed by atoms with E-state index in [1.54, 1.807) is 49.6 Å². The van der Waals surface area contributed by atoms with Crippen LogP contribution in [0, 0.1) is 12.1 Å². The second kappa shape index (κ2) is 54.9. The number of benzene rings is 2. The number of nitrogens with zero attached hydrogens (tertiary/aromatic N) is 4. The van der Waals surface area contributed by atoms with Gasteiger partial charge in [-0.05, 0) is 48.5 Å². The Morgan fingerprint density at radius 1 is 0.321 bits per heavy atom. The van der Waals surface area contributed by atoms with E-state index in [2.05, 4.69) is 96.2 Å². The van der Waals surface area contributed by atoms with Gasteiger partial charge in [-0.15, -0.1) is 0 Å². The molecule has 0 aliphatic rings. The molecule has 0 saturated carbocycles. The first-order valence-electron chi connectivity index (χ1n) is 19.1. The van der Waals surface area contributed by atoms with Gasteiger partial charge >= 0.3 is 0 Å². The van der Waals surface area contributed by atoms with E-state index < -0.39 is 0 Å². The summed E-state index contributed by atoms with van der Waals surface area (Å²) in [5.41, 5.74) is 5.55. The molecule has 287 valence electrons. The normalized spacial score (nSPS) is 7.77. The summed E-state index contributed by atoms with van der Waals surface area (Å²) in [7, 11) is 0. The molecule has 0 fully saturated rings. The quantitative estimate of drug-likeness (QED) is 0.167. The molecule has 0 amide bonds. The van der Waals surface area contributed by atoms with Crippen molar-refractivity contribution in [3.63, 3.8) is 0 Å². The smallest absolute Gasteiger partial charge is 0.0267 e. The fourth-order valence-electron chi connectivity index (χ4n) is 3.22. The van der Waals surface area contributed by atoms with Crippen LogP contribution in [-0.2, 0) is 58.4 Å². The van der Waals surface area contributed by atoms with Crippen molar-refractivity contribution in [2.24, 2.45) is 0 Å². The van der Waals surface area contributed by atoms with E-state index in [0.717, 1.165) is 25.7 Å². The van der Waals surface area contributed by atoms with Gasteiger partial charge in [0.15, 0.2) is 0 Å². The molecule has 0 bridgehead atoms. The molecule has 4 heterocycles. The van der Waals surface area contributed by atoms with Gasteiger partial charge in [-0.25, -0.2) is 0 Å². The minimum absolute atomic E-state index is 0. The number of rotatable bonds is 4. The van der Waals surface area contributed by atoms with E-state index in [1.165, 1.54) is 22.3 Å². The van der Waals surface area contributed by atoms with Crippen molar-refractivity contribution in [2.75, 3.05) is 0 Å². The van der Waals surface area contributed by atoms with Crippen LogP contribution in [0.3, 0.4) is 0 Å². The average molecular weight is 792 g/mol. The van der Waals surface area contributed by atoms with Crippen molar-refractivity contribution in [1.82, 2.24) is 19.9 Å². The maximum atomic E-state index is 3.78. The molecular formula is C48H70N4Y-2. The van der Waals surface area contributed by atoms with E-state index in [9.17, 15) is 0 Å². The van der Waals surface area contributed by atoms with Crippen molar-refractivity contribution in [1.29, 1.82) is 0 Å². The maximum Gasteiger partial charge on any atom is 0.0267 e. The van der Waals surface area contributed by atoms with Crippen molar-refractivity contribution in [3.8, 4) is 0 Å². The molecule has 0 N–H and O–H groups in total. The van der Waals surface area contributed by atoms with E-state index in [0.29, 0.717) is 0 Å². The number of aryl methyl sites for hydroxylation is 4. The molecule has 5 heteroatoms. The molecule has 0 unspecified atom stereocenters. The fourth-order valence-corrected chi connectivity index (χ4v) is 3.22. The van der Waals surface area contributed by atoms with E-state index >= 15 is 0 Å². The third-order valence-corrected chi connectivity index (χ3v) is 5.72. The Kier molecular flexibility index (Phi) is 60.6. The summed E-state index contributed by atoms with van der Waals surface area (Å²) in [5, 5.41) is 0. The van der Waals surface area contributed by atoms with Crippen LogP contribution in [0.2, 0.25) is 0 Å². The predicted molar refractivity (Wildman–Crippen MR) is 230 cm³/mol. The standard InChI is InChI=1S/2C10H13.4C5H5N.4C2H6.Y/c2*1-3-9-6-5-7-10(4-2)8-9;4*1-2-4-6-5-3-1;4*1-2;/h2*6-8H,3-4H2,1-2H3;4*1-5H;4*1-2H3;/q2*-1;;;;;;;;;. The summed E-state index contributed by atoms with van der Waals surface area (Å²) in [4.78, 5) is 15.1. The third-order valence-electron chi connectivity index (χ3n) is 5.72. The largest absolute Gasteiger partial charge is 0.265 e. The Balaban J connectivity index is -0.000000169. The van der Waals surface area contributed by atoms with E-state index in [-0.39, 0.29) is 32.7 Å². The van der Waals surface area contributed by atoms with Gasteiger partial charge in [0.2, 0.25) is 0 Å². The summed E-state index contributed by atoms with van der Waals surface area (Å²) >= 11 is 0. The number of pyridine rings is 4. The zero-order chi connectivity index (χ0) is 39.8. The molecular weight excluding hydrogens is 721 g/mol. The van der Waals surface area contributed by atoms with E-state index in [4.69, 9.17) is 0 Å². The van der Waals surface area contributed by atoms with Gasteiger partial charge in [-0.2, -0.15) is 70.8 Å². The summed E-state index contributed by atoms with van der Waals surface area (Å²) in [6.45, 7) is 24.7. The molecule has 6 aromatic rings. The van der Waals surface area contributed by atoms with Crippen molar-refractivity contribution in [2.45, 2.75) is 109 Å². The van der Waals surface area contributed by atoms with Crippen LogP contribution in [0.1, 0.15) is 105 Å². The molecule has 53 heavy (non-hydrogen) atoms. The van der Waals surface area contributed by atoms with Crippen LogP contribution in [0.25, 0.3) is 0 Å². The molecule has 4 aromatic heterocycles. The minimum atomic E-state index is 0. The van der Waals surface area contributed by atoms with Gasteiger partial charge in [0, 0.05) is 82.3 Å². The second-order valence-corrected chi connectivity index (χ2v) is 9.01. The first kappa shape index (κ1) is 58.5. The van der Waals surface area contributed by atoms with Crippen LogP contribution < -0.4 is 0 Å². The molecule has 4 nitrogen and oxygen atoms in total. The van der Waals surface area contributed by atoms with Crippen molar-refractivity contribution < 1.29 is 32.7 Å². The zero-order valence-electron chi connectivity index (χ0n) is 35.2. The Labute approximate surface area is 352 Å². The van der Waals surface area contributed by atoms with Gasteiger partial charge in [-0.3, -0.25) is 19.9 Å². The topological polar surface area (TPSA) is 51.6 Å². The van der Waals surface area contributed by atoms with Crippen LogP contribution >= 0.6 is 0 Å². The molecule has 0 aliphatic carbocycles. The molecule has 6 rings (SSSR count). The monoisotopic (exact) mass is 791 g/mol. The SMILES string of the molecule is CC.CC.CC.CC.CCc1c[c-]cc(CC)c1.CCc1c[c-]cc(CC)c1.[Y].c1ccncc1.c1ccncc1.c1ccncc1.c1ccncc1. The van der Waals surface area contributed by atoms with Crippen LogP contribution in [0.4, 0.5) is 0 Å². The first-order chi connectivity index (χ1) is 25.7. The van der Waals surface area contributed by atoms with Gasteiger partial charge in [0.1, 0.15) is 0 Å². The van der Waals surface area contributed by atoms with Gasteiger partial charge < -0.3 is 0 Å². The predicted octanol–water partition coefficient (Wildman–Crippen LogP) is 13.7. The van der Waals surface area contributed by atoms with Crippen LogP contribution in [0.5, 0.6) is 0 Å².